The normalized spacial score (nSPS) is 13.1. The molecule has 168 valence electrons. The van der Waals surface area contributed by atoms with E-state index in [4.69, 9.17) is 11.6 Å². The van der Waals surface area contributed by atoms with E-state index in [1.54, 1.807) is 35.7 Å². The van der Waals surface area contributed by atoms with Crippen LogP contribution < -0.4 is 11.6 Å². The number of imide groups is 1. The topological polar surface area (TPSA) is 110 Å². The number of hydrogen-bond acceptors (Lipinski definition) is 7. The van der Waals surface area contributed by atoms with E-state index in [0.29, 0.717) is 22.4 Å². The molecular formula is C23H31N3O3S2. The highest BCUT2D eigenvalue weighted by atomic mass is 32.2. The Morgan fingerprint density at radius 2 is 1.68 bits per heavy atom. The molecule has 31 heavy (non-hydrogen) atoms. The summed E-state index contributed by atoms with van der Waals surface area (Å²) in [5.41, 5.74) is 7.46. The van der Waals surface area contributed by atoms with Crippen LogP contribution in [-0.2, 0) is 11.2 Å². The Labute approximate surface area is 192 Å². The number of amides is 2. The van der Waals surface area contributed by atoms with Gasteiger partial charge in [0.25, 0.3) is 11.8 Å². The lowest BCUT2D eigenvalue weighted by Crippen LogP contribution is -2.53. The second kappa shape index (κ2) is 12.9. The summed E-state index contributed by atoms with van der Waals surface area (Å²) in [6.45, 7) is 4.12. The van der Waals surface area contributed by atoms with Gasteiger partial charge in [-0.1, -0.05) is 44.2 Å². The maximum atomic E-state index is 12.5. The van der Waals surface area contributed by atoms with E-state index >= 15 is 0 Å². The Bertz CT molecular complexity index is 832. The van der Waals surface area contributed by atoms with Gasteiger partial charge in [-0.15, -0.1) is 11.8 Å². The molecule has 0 radical (unpaired) electrons. The fourth-order valence-corrected chi connectivity index (χ4v) is 4.57. The smallest absolute Gasteiger partial charge is 0.274 e. The quantitative estimate of drug-likeness (QED) is 0.204. The molecule has 2 atom stereocenters. The number of nitrogens with zero attached hydrogens (tertiary/aromatic N) is 1. The Hall–Kier alpha value is -1.84. The minimum absolute atomic E-state index is 0.277. The van der Waals surface area contributed by atoms with Gasteiger partial charge in [-0.3, -0.25) is 9.59 Å². The highest BCUT2D eigenvalue weighted by Crippen LogP contribution is 2.20. The molecule has 1 unspecified atom stereocenters. The molecule has 0 aliphatic heterocycles. The fourth-order valence-electron chi connectivity index (χ4n) is 2.79. The molecule has 5 N–H and O–H groups in total. The highest BCUT2D eigenvalue weighted by molar-refractivity contribution is 7.99. The number of aryl methyl sites for hydroxylation is 1. The van der Waals surface area contributed by atoms with Crippen molar-refractivity contribution in [2.24, 2.45) is 11.6 Å². The predicted molar refractivity (Wildman–Crippen MR) is 129 cm³/mol. The lowest BCUT2D eigenvalue weighted by Gasteiger charge is -2.23. The van der Waals surface area contributed by atoms with Gasteiger partial charge in [-0.2, -0.15) is 11.8 Å². The summed E-state index contributed by atoms with van der Waals surface area (Å²) in [6, 6.07) is 16.4. The van der Waals surface area contributed by atoms with Gasteiger partial charge < -0.3 is 10.8 Å². The van der Waals surface area contributed by atoms with Crippen LogP contribution in [0.4, 0.5) is 0 Å². The van der Waals surface area contributed by atoms with Gasteiger partial charge in [-0.05, 0) is 53.7 Å². The van der Waals surface area contributed by atoms with Crippen molar-refractivity contribution < 1.29 is 14.7 Å². The standard InChI is InChI=1S/C23H31N3O3S2/c1-16(2)30-15-13-20(24)21(27)23(29)26(25)22(28)18-8-10-19(11-9-18)31-14-12-17-6-4-3-5-7-17/h3-11,16,20-21,27H,12-15,24-25H2,1-2H3/t20-,21?/m1/s1. The summed E-state index contributed by atoms with van der Waals surface area (Å²) in [6.07, 6.45) is -0.118. The molecule has 0 saturated heterocycles. The third-order valence-electron chi connectivity index (χ3n) is 4.62. The van der Waals surface area contributed by atoms with Crippen molar-refractivity contribution in [2.75, 3.05) is 11.5 Å². The largest absolute Gasteiger partial charge is 0.382 e. The number of hydrazine groups is 1. The van der Waals surface area contributed by atoms with Crippen molar-refractivity contribution in [3.8, 4) is 0 Å². The van der Waals surface area contributed by atoms with E-state index < -0.39 is 24.0 Å². The van der Waals surface area contributed by atoms with Gasteiger partial charge >= 0.3 is 0 Å². The van der Waals surface area contributed by atoms with Crippen LogP contribution in [0.3, 0.4) is 0 Å². The monoisotopic (exact) mass is 461 g/mol. The van der Waals surface area contributed by atoms with Crippen LogP contribution in [0.25, 0.3) is 0 Å². The number of aliphatic hydroxyl groups is 1. The average molecular weight is 462 g/mol. The summed E-state index contributed by atoms with van der Waals surface area (Å²) in [4.78, 5) is 25.9. The molecular weight excluding hydrogens is 430 g/mol. The van der Waals surface area contributed by atoms with Crippen LogP contribution in [0, 0.1) is 0 Å². The van der Waals surface area contributed by atoms with Gasteiger partial charge in [0.2, 0.25) is 0 Å². The molecule has 0 spiro atoms. The molecule has 8 heteroatoms. The van der Waals surface area contributed by atoms with Crippen molar-refractivity contribution in [1.29, 1.82) is 0 Å². The van der Waals surface area contributed by atoms with Crippen molar-refractivity contribution in [3.05, 3.63) is 65.7 Å². The van der Waals surface area contributed by atoms with Crippen LogP contribution in [0.15, 0.2) is 59.5 Å². The molecule has 0 saturated carbocycles. The lowest BCUT2D eigenvalue weighted by atomic mass is 10.1. The highest BCUT2D eigenvalue weighted by Gasteiger charge is 2.30. The summed E-state index contributed by atoms with van der Waals surface area (Å²) >= 11 is 3.38. The van der Waals surface area contributed by atoms with E-state index in [0.717, 1.165) is 17.1 Å². The molecule has 2 amide bonds. The summed E-state index contributed by atoms with van der Waals surface area (Å²) in [5.74, 6) is 5.76. The minimum atomic E-state index is -1.52. The molecule has 2 aromatic rings. The van der Waals surface area contributed by atoms with Crippen molar-refractivity contribution >= 4 is 35.3 Å². The number of aliphatic hydroxyl groups excluding tert-OH is 1. The van der Waals surface area contributed by atoms with E-state index in [1.165, 1.54) is 5.56 Å². The lowest BCUT2D eigenvalue weighted by molar-refractivity contribution is -0.138. The van der Waals surface area contributed by atoms with Gasteiger partial charge in [0.15, 0.2) is 0 Å². The Morgan fingerprint density at radius 3 is 2.29 bits per heavy atom. The molecule has 0 heterocycles. The summed E-state index contributed by atoms with van der Waals surface area (Å²) in [5, 5.41) is 11.1. The summed E-state index contributed by atoms with van der Waals surface area (Å²) in [7, 11) is 0. The number of rotatable bonds is 11. The molecule has 0 fully saturated rings. The van der Waals surface area contributed by atoms with Crippen molar-refractivity contribution in [2.45, 2.75) is 49.0 Å². The number of nitrogens with two attached hydrogens (primary N) is 2. The third kappa shape index (κ3) is 8.31. The molecule has 2 aromatic carbocycles. The van der Waals surface area contributed by atoms with Crippen LogP contribution >= 0.6 is 23.5 Å². The SMILES string of the molecule is CC(C)SCC[C@@H](N)C(O)C(=O)N(N)C(=O)c1ccc(SCCc2ccccc2)cc1. The molecule has 0 aliphatic carbocycles. The van der Waals surface area contributed by atoms with Crippen molar-refractivity contribution in [3.63, 3.8) is 0 Å². The second-order valence-corrected chi connectivity index (χ2v) is 10.3. The zero-order valence-corrected chi connectivity index (χ0v) is 19.6. The molecule has 0 aromatic heterocycles. The van der Waals surface area contributed by atoms with Crippen LogP contribution in [0.5, 0.6) is 0 Å². The maximum Gasteiger partial charge on any atom is 0.274 e. The molecule has 0 aliphatic rings. The van der Waals surface area contributed by atoms with Crippen LogP contribution in [-0.4, -0.2) is 50.8 Å². The number of carbonyl (C=O) groups is 2. The first-order chi connectivity index (χ1) is 14.8. The number of thioether (sulfide) groups is 2. The van der Waals surface area contributed by atoms with Gasteiger partial charge in [-0.25, -0.2) is 10.9 Å². The molecule has 6 nitrogen and oxygen atoms in total. The minimum Gasteiger partial charge on any atom is -0.382 e. The predicted octanol–water partition coefficient (Wildman–Crippen LogP) is 3.08. The average Bonchev–Trinajstić information content (AvgIpc) is 2.78. The molecule has 2 rings (SSSR count). The Kier molecular flexibility index (Phi) is 10.6. The Balaban J connectivity index is 1.85. The first-order valence-corrected chi connectivity index (χ1v) is 12.3. The van der Waals surface area contributed by atoms with E-state index in [1.807, 2.05) is 30.3 Å². The van der Waals surface area contributed by atoms with Gasteiger partial charge in [0.1, 0.15) is 6.10 Å². The van der Waals surface area contributed by atoms with E-state index in [9.17, 15) is 14.7 Å². The molecule has 0 bridgehead atoms. The summed E-state index contributed by atoms with van der Waals surface area (Å²) < 4.78 is 0. The van der Waals surface area contributed by atoms with E-state index in [-0.39, 0.29) is 5.56 Å². The zero-order valence-electron chi connectivity index (χ0n) is 17.9. The van der Waals surface area contributed by atoms with Crippen molar-refractivity contribution in [1.82, 2.24) is 5.01 Å². The van der Waals surface area contributed by atoms with Gasteiger partial charge in [0, 0.05) is 22.3 Å². The van der Waals surface area contributed by atoms with Crippen LogP contribution in [0.2, 0.25) is 0 Å². The first-order valence-electron chi connectivity index (χ1n) is 10.2. The van der Waals surface area contributed by atoms with Crippen LogP contribution in [0.1, 0.15) is 36.2 Å². The first kappa shape index (κ1) is 25.4. The maximum absolute atomic E-state index is 12.5. The third-order valence-corrected chi connectivity index (χ3v) is 6.77. The number of hydrogen-bond donors (Lipinski definition) is 3. The Morgan fingerprint density at radius 1 is 1.03 bits per heavy atom. The van der Waals surface area contributed by atoms with Gasteiger partial charge in [0.05, 0.1) is 0 Å². The number of carbonyl (C=O) groups excluding carboxylic acids is 2. The second-order valence-electron chi connectivity index (χ2n) is 7.44. The zero-order chi connectivity index (χ0) is 22.8. The van der Waals surface area contributed by atoms with E-state index in [2.05, 4.69) is 26.0 Å². The number of benzene rings is 2. The fraction of sp³-hybridized carbons (Fsp3) is 0.391.